The Labute approximate surface area is 108 Å². The summed E-state index contributed by atoms with van der Waals surface area (Å²) in [5.41, 5.74) is 1.22. The number of rotatable bonds is 0. The van der Waals surface area contributed by atoms with E-state index in [1.54, 1.807) is 13.0 Å². The minimum atomic E-state index is -0.879. The summed E-state index contributed by atoms with van der Waals surface area (Å²) in [6, 6.07) is 0. The first-order valence-electron chi connectivity index (χ1n) is 6.50. The third-order valence-corrected chi connectivity index (χ3v) is 4.66. The van der Waals surface area contributed by atoms with Crippen LogP contribution in [0.25, 0.3) is 0 Å². The van der Waals surface area contributed by atoms with Gasteiger partial charge in [0.25, 0.3) is 0 Å². The summed E-state index contributed by atoms with van der Waals surface area (Å²) in [4.78, 5) is 12.0. The Bertz CT molecular complexity index is 419. The fraction of sp³-hybridized carbons (Fsp3) is 0.667. The molecule has 0 aromatic heterocycles. The highest BCUT2D eigenvalue weighted by atomic mass is 16.3. The molecule has 0 amide bonds. The van der Waals surface area contributed by atoms with E-state index in [1.807, 2.05) is 0 Å². The molecular weight excluding hydrogens is 228 g/mol. The molecule has 0 aromatic rings. The van der Waals surface area contributed by atoms with Gasteiger partial charge < -0.3 is 10.2 Å². The largest absolute Gasteiger partial charge is 0.390 e. The first kappa shape index (κ1) is 13.5. The molecule has 100 valence electrons. The van der Waals surface area contributed by atoms with Crippen molar-refractivity contribution in [3.8, 4) is 0 Å². The van der Waals surface area contributed by atoms with Crippen LogP contribution in [-0.2, 0) is 4.79 Å². The molecule has 2 N–H and O–H groups in total. The number of aliphatic hydroxyl groups is 2. The maximum absolute atomic E-state index is 12.0. The smallest absolute Gasteiger partial charge is 0.162 e. The van der Waals surface area contributed by atoms with Gasteiger partial charge in [-0.2, -0.15) is 0 Å². The van der Waals surface area contributed by atoms with Crippen molar-refractivity contribution in [3.63, 3.8) is 0 Å². The van der Waals surface area contributed by atoms with E-state index >= 15 is 0 Å². The second kappa shape index (κ2) is 4.32. The molecule has 0 aromatic carbocycles. The van der Waals surface area contributed by atoms with Gasteiger partial charge >= 0.3 is 0 Å². The van der Waals surface area contributed by atoms with E-state index in [-0.39, 0.29) is 29.5 Å². The lowest BCUT2D eigenvalue weighted by Crippen LogP contribution is -2.54. The van der Waals surface area contributed by atoms with Crippen LogP contribution in [0.4, 0.5) is 0 Å². The van der Waals surface area contributed by atoms with Crippen molar-refractivity contribution in [2.75, 3.05) is 0 Å². The molecule has 4 atom stereocenters. The number of aliphatic hydroxyl groups excluding tert-OH is 2. The first-order chi connectivity index (χ1) is 8.25. The van der Waals surface area contributed by atoms with Crippen LogP contribution in [-0.4, -0.2) is 28.2 Å². The van der Waals surface area contributed by atoms with Gasteiger partial charge in [-0.3, -0.25) is 4.79 Å². The standard InChI is InChI=1S/C15H22O3/c1-8-5-6-11(16)9(2)10-7-15(3,4)12(10)14(18)13(8)17/h5,10,12-14,17-18H,2,6-7H2,1,3-4H3/b8-5-/t10-,12-,13-,14+/m1/s1. The van der Waals surface area contributed by atoms with Crippen molar-refractivity contribution >= 4 is 5.78 Å². The number of allylic oxidation sites excluding steroid dienone is 2. The lowest BCUT2D eigenvalue weighted by atomic mass is 9.51. The van der Waals surface area contributed by atoms with Gasteiger partial charge in [0.1, 0.15) is 6.10 Å². The Hall–Kier alpha value is -0.930. The van der Waals surface area contributed by atoms with E-state index in [0.717, 1.165) is 6.42 Å². The zero-order chi connectivity index (χ0) is 13.7. The molecule has 0 unspecified atom stereocenters. The average molecular weight is 250 g/mol. The third kappa shape index (κ3) is 1.95. The third-order valence-electron chi connectivity index (χ3n) is 4.66. The molecule has 0 heterocycles. The van der Waals surface area contributed by atoms with E-state index in [1.165, 1.54) is 0 Å². The van der Waals surface area contributed by atoms with E-state index in [4.69, 9.17) is 0 Å². The zero-order valence-corrected chi connectivity index (χ0v) is 11.3. The van der Waals surface area contributed by atoms with Crippen LogP contribution in [0.3, 0.4) is 0 Å². The summed E-state index contributed by atoms with van der Waals surface area (Å²) < 4.78 is 0. The number of Topliss-reactive ketones (excluding diaryl/α,β-unsaturated/α-hetero) is 1. The van der Waals surface area contributed by atoms with E-state index < -0.39 is 12.2 Å². The van der Waals surface area contributed by atoms with Crippen LogP contribution < -0.4 is 0 Å². The van der Waals surface area contributed by atoms with Crippen LogP contribution in [0.15, 0.2) is 23.8 Å². The molecule has 2 aliphatic rings. The summed E-state index contributed by atoms with van der Waals surface area (Å²) in [6.07, 6.45) is 1.14. The molecular formula is C15H22O3. The number of carbonyl (C=O) groups is 1. The van der Waals surface area contributed by atoms with Crippen LogP contribution in [0.5, 0.6) is 0 Å². The Morgan fingerprint density at radius 2 is 2.00 bits per heavy atom. The molecule has 1 fully saturated rings. The first-order valence-corrected chi connectivity index (χ1v) is 6.50. The highest BCUT2D eigenvalue weighted by Gasteiger charge is 2.54. The Balaban J connectivity index is 2.38. The summed E-state index contributed by atoms with van der Waals surface area (Å²) >= 11 is 0. The summed E-state index contributed by atoms with van der Waals surface area (Å²) in [5.74, 6) is -0.0528. The van der Waals surface area contributed by atoms with E-state index in [0.29, 0.717) is 11.1 Å². The van der Waals surface area contributed by atoms with Gasteiger partial charge in [-0.05, 0) is 41.7 Å². The number of hydrogen-bond acceptors (Lipinski definition) is 3. The normalized spacial score (nSPS) is 42.8. The monoisotopic (exact) mass is 250 g/mol. The van der Waals surface area contributed by atoms with Gasteiger partial charge in [0.05, 0.1) is 6.10 Å². The number of fused-ring (bicyclic) bond motifs is 1. The Kier molecular flexibility index (Phi) is 3.24. The van der Waals surface area contributed by atoms with Crippen molar-refractivity contribution in [2.24, 2.45) is 17.3 Å². The number of carbonyl (C=O) groups excluding carboxylic acids is 1. The van der Waals surface area contributed by atoms with Gasteiger partial charge in [-0.15, -0.1) is 0 Å². The minimum absolute atomic E-state index is 0.0106. The minimum Gasteiger partial charge on any atom is -0.390 e. The fourth-order valence-corrected chi connectivity index (χ4v) is 3.43. The molecule has 1 saturated carbocycles. The summed E-state index contributed by atoms with van der Waals surface area (Å²) in [7, 11) is 0. The topological polar surface area (TPSA) is 57.5 Å². The average Bonchev–Trinajstić information content (AvgIpc) is 2.31. The quantitative estimate of drug-likeness (QED) is 0.509. The molecule has 3 heteroatoms. The van der Waals surface area contributed by atoms with E-state index in [9.17, 15) is 15.0 Å². The van der Waals surface area contributed by atoms with Gasteiger partial charge in [0, 0.05) is 6.42 Å². The van der Waals surface area contributed by atoms with Crippen LogP contribution in [0, 0.1) is 17.3 Å². The molecule has 2 aliphatic carbocycles. The second-order valence-corrected chi connectivity index (χ2v) is 6.36. The molecule has 0 radical (unpaired) electrons. The predicted octanol–water partition coefficient (Wildman–Crippen LogP) is 1.85. The maximum Gasteiger partial charge on any atom is 0.162 e. The SMILES string of the molecule is C=C1C(=O)C/C=C(/C)[C@@H](O)[C@@H](O)[C@H]2[C@@H]1CC2(C)C. The molecule has 0 spiro atoms. The van der Waals surface area contributed by atoms with Gasteiger partial charge in [0.15, 0.2) is 5.78 Å². The maximum atomic E-state index is 12.0. The highest BCUT2D eigenvalue weighted by Crippen LogP contribution is 2.56. The zero-order valence-electron chi connectivity index (χ0n) is 11.3. The van der Waals surface area contributed by atoms with E-state index in [2.05, 4.69) is 20.4 Å². The highest BCUT2D eigenvalue weighted by molar-refractivity contribution is 5.96. The van der Waals surface area contributed by atoms with Crippen molar-refractivity contribution in [1.29, 1.82) is 0 Å². The lowest BCUT2D eigenvalue weighted by Gasteiger charge is -2.54. The Morgan fingerprint density at radius 1 is 1.39 bits per heavy atom. The van der Waals surface area contributed by atoms with Gasteiger partial charge in [0.2, 0.25) is 0 Å². The summed E-state index contributed by atoms with van der Waals surface area (Å²) in [5, 5.41) is 20.5. The van der Waals surface area contributed by atoms with Gasteiger partial charge in [-0.1, -0.05) is 26.5 Å². The van der Waals surface area contributed by atoms with Crippen molar-refractivity contribution in [3.05, 3.63) is 23.8 Å². The molecule has 18 heavy (non-hydrogen) atoms. The predicted molar refractivity (Wildman–Crippen MR) is 69.9 cm³/mol. The molecule has 0 saturated heterocycles. The van der Waals surface area contributed by atoms with Crippen molar-refractivity contribution < 1.29 is 15.0 Å². The van der Waals surface area contributed by atoms with Crippen LogP contribution in [0.1, 0.15) is 33.6 Å². The number of hydrogen-bond donors (Lipinski definition) is 2. The second-order valence-electron chi connectivity index (χ2n) is 6.36. The molecule has 0 aliphatic heterocycles. The fourth-order valence-electron chi connectivity index (χ4n) is 3.43. The van der Waals surface area contributed by atoms with Crippen LogP contribution >= 0.6 is 0 Å². The van der Waals surface area contributed by atoms with Crippen molar-refractivity contribution in [1.82, 2.24) is 0 Å². The van der Waals surface area contributed by atoms with Gasteiger partial charge in [-0.25, -0.2) is 0 Å². The number of ketones is 1. The molecule has 2 rings (SSSR count). The van der Waals surface area contributed by atoms with Crippen LogP contribution in [0.2, 0.25) is 0 Å². The lowest BCUT2D eigenvalue weighted by molar-refractivity contribution is -0.126. The Morgan fingerprint density at radius 3 is 2.56 bits per heavy atom. The molecule has 3 nitrogen and oxygen atoms in total. The molecule has 0 bridgehead atoms. The summed E-state index contributed by atoms with van der Waals surface area (Å²) in [6.45, 7) is 9.80. The van der Waals surface area contributed by atoms with Crippen molar-refractivity contribution in [2.45, 2.75) is 45.8 Å².